The second-order valence-corrected chi connectivity index (χ2v) is 4.67. The number of anilines is 1. The van der Waals surface area contributed by atoms with Crippen molar-refractivity contribution in [2.24, 2.45) is 5.92 Å². The van der Waals surface area contributed by atoms with E-state index in [2.05, 4.69) is 24.1 Å². The molecule has 0 radical (unpaired) electrons. The molecule has 14 heavy (non-hydrogen) atoms. The summed E-state index contributed by atoms with van der Waals surface area (Å²) in [5.74, 6) is 3.04. The van der Waals surface area contributed by atoms with Crippen LogP contribution in [0, 0.1) is 5.92 Å². The molecule has 0 spiro atoms. The zero-order chi connectivity index (χ0) is 9.71. The van der Waals surface area contributed by atoms with Crippen LogP contribution in [0.4, 0.5) is 5.82 Å². The third-order valence-electron chi connectivity index (χ3n) is 3.22. The van der Waals surface area contributed by atoms with Gasteiger partial charge in [-0.2, -0.15) is 0 Å². The molecule has 0 bridgehead atoms. The van der Waals surface area contributed by atoms with Crippen LogP contribution < -0.4 is 5.32 Å². The van der Waals surface area contributed by atoms with E-state index in [-0.39, 0.29) is 0 Å². The van der Waals surface area contributed by atoms with Gasteiger partial charge >= 0.3 is 0 Å². The molecule has 1 N–H and O–H groups in total. The lowest BCUT2D eigenvalue weighted by Gasteiger charge is -2.16. The summed E-state index contributed by atoms with van der Waals surface area (Å²) < 4.78 is 0. The van der Waals surface area contributed by atoms with E-state index in [1.165, 1.54) is 12.1 Å². The maximum absolute atomic E-state index is 4.71. The van der Waals surface area contributed by atoms with Gasteiger partial charge in [0, 0.05) is 12.5 Å². The van der Waals surface area contributed by atoms with Crippen LogP contribution in [0.1, 0.15) is 43.5 Å². The second-order valence-electron chi connectivity index (χ2n) is 4.67. The van der Waals surface area contributed by atoms with Gasteiger partial charge in [-0.25, -0.2) is 4.98 Å². The first-order valence-electron chi connectivity index (χ1n) is 5.36. The molecule has 2 aliphatic rings. The lowest BCUT2D eigenvalue weighted by molar-refractivity contribution is 0.745. The number of nitrogens with one attached hydrogen (secondary N) is 1. The minimum Gasteiger partial charge on any atom is -0.368 e. The fraction of sp³-hybridized carbons (Fsp3) is 0.636. The summed E-state index contributed by atoms with van der Waals surface area (Å²) in [6, 6.07) is 0. The SMILES string of the molecule is CC(C)c1cnc2c(n1)[C@H]1C[C@H]1CN2. The highest BCUT2D eigenvalue weighted by atomic mass is 15.1. The van der Waals surface area contributed by atoms with Crippen LogP contribution in [0.15, 0.2) is 6.20 Å². The Morgan fingerprint density at radius 3 is 3.14 bits per heavy atom. The van der Waals surface area contributed by atoms with E-state index in [4.69, 9.17) is 4.98 Å². The highest BCUT2D eigenvalue weighted by Crippen LogP contribution is 2.51. The molecular weight excluding hydrogens is 174 g/mol. The van der Waals surface area contributed by atoms with Gasteiger partial charge in [0.2, 0.25) is 0 Å². The van der Waals surface area contributed by atoms with E-state index in [1.54, 1.807) is 0 Å². The van der Waals surface area contributed by atoms with Crippen molar-refractivity contribution in [3.63, 3.8) is 0 Å². The zero-order valence-electron chi connectivity index (χ0n) is 8.62. The van der Waals surface area contributed by atoms with Crippen molar-refractivity contribution in [1.29, 1.82) is 0 Å². The van der Waals surface area contributed by atoms with Gasteiger partial charge in [-0.15, -0.1) is 0 Å². The Balaban J connectivity index is 2.04. The molecule has 1 aliphatic heterocycles. The summed E-state index contributed by atoms with van der Waals surface area (Å²) in [5, 5.41) is 3.35. The summed E-state index contributed by atoms with van der Waals surface area (Å²) >= 11 is 0. The third-order valence-corrected chi connectivity index (χ3v) is 3.22. The maximum atomic E-state index is 4.71. The number of rotatable bonds is 1. The Kier molecular flexibility index (Phi) is 1.58. The number of aromatic nitrogens is 2. The number of hydrogen-bond acceptors (Lipinski definition) is 3. The lowest BCUT2D eigenvalue weighted by atomic mass is 10.1. The van der Waals surface area contributed by atoms with Crippen LogP contribution in [0.3, 0.4) is 0 Å². The summed E-state index contributed by atoms with van der Waals surface area (Å²) in [7, 11) is 0. The molecule has 1 aliphatic carbocycles. The van der Waals surface area contributed by atoms with E-state index >= 15 is 0 Å². The van der Waals surface area contributed by atoms with Crippen molar-refractivity contribution >= 4 is 5.82 Å². The fourth-order valence-electron chi connectivity index (χ4n) is 2.13. The van der Waals surface area contributed by atoms with Gasteiger partial charge in [0.25, 0.3) is 0 Å². The Hall–Kier alpha value is -1.12. The van der Waals surface area contributed by atoms with Crippen LogP contribution in [-0.4, -0.2) is 16.5 Å². The molecule has 3 rings (SSSR count). The molecule has 1 saturated carbocycles. The summed E-state index contributed by atoms with van der Waals surface area (Å²) in [5.41, 5.74) is 2.34. The molecule has 3 heteroatoms. The van der Waals surface area contributed by atoms with Gasteiger partial charge in [0.05, 0.1) is 17.6 Å². The van der Waals surface area contributed by atoms with Crippen LogP contribution in [0.5, 0.6) is 0 Å². The van der Waals surface area contributed by atoms with Crippen LogP contribution in [0.25, 0.3) is 0 Å². The van der Waals surface area contributed by atoms with E-state index in [0.717, 1.165) is 24.0 Å². The smallest absolute Gasteiger partial charge is 0.148 e. The second kappa shape index (κ2) is 2.69. The Morgan fingerprint density at radius 2 is 2.36 bits per heavy atom. The summed E-state index contributed by atoms with van der Waals surface area (Å²) in [6.45, 7) is 5.42. The molecule has 3 nitrogen and oxygen atoms in total. The first-order chi connectivity index (χ1) is 6.75. The average molecular weight is 189 g/mol. The normalized spacial score (nSPS) is 27.9. The highest BCUT2D eigenvalue weighted by Gasteiger charge is 2.44. The Labute approximate surface area is 84.0 Å². The van der Waals surface area contributed by atoms with Crippen molar-refractivity contribution in [3.8, 4) is 0 Å². The van der Waals surface area contributed by atoms with Gasteiger partial charge in [-0.3, -0.25) is 4.98 Å². The molecule has 0 unspecified atom stereocenters. The van der Waals surface area contributed by atoms with Crippen LogP contribution in [-0.2, 0) is 0 Å². The molecular formula is C11H15N3. The largest absolute Gasteiger partial charge is 0.368 e. The number of hydrogen-bond donors (Lipinski definition) is 1. The summed E-state index contributed by atoms with van der Waals surface area (Å²) in [4.78, 5) is 9.15. The fourth-order valence-corrected chi connectivity index (χ4v) is 2.13. The maximum Gasteiger partial charge on any atom is 0.148 e. The molecule has 0 aromatic carbocycles. The first kappa shape index (κ1) is 8.21. The minimum absolute atomic E-state index is 0.479. The summed E-state index contributed by atoms with van der Waals surface area (Å²) in [6.07, 6.45) is 3.20. The van der Waals surface area contributed by atoms with Gasteiger partial charge in [-0.05, 0) is 18.3 Å². The van der Waals surface area contributed by atoms with Crippen LogP contribution >= 0.6 is 0 Å². The van der Waals surface area contributed by atoms with Crippen molar-refractivity contribution in [1.82, 2.24) is 9.97 Å². The average Bonchev–Trinajstić information content (AvgIpc) is 2.95. The molecule has 2 heterocycles. The topological polar surface area (TPSA) is 37.8 Å². The lowest BCUT2D eigenvalue weighted by Crippen LogP contribution is -2.15. The van der Waals surface area contributed by atoms with E-state index in [1.807, 2.05) is 6.20 Å². The molecule has 2 atom stereocenters. The van der Waals surface area contributed by atoms with E-state index in [0.29, 0.717) is 11.8 Å². The molecule has 1 aromatic rings. The van der Waals surface area contributed by atoms with Gasteiger partial charge < -0.3 is 5.32 Å². The molecule has 1 fully saturated rings. The monoisotopic (exact) mass is 189 g/mol. The third kappa shape index (κ3) is 1.11. The quantitative estimate of drug-likeness (QED) is 0.735. The Morgan fingerprint density at radius 1 is 1.50 bits per heavy atom. The molecule has 74 valence electrons. The molecule has 0 amide bonds. The van der Waals surface area contributed by atoms with Crippen molar-refractivity contribution in [3.05, 3.63) is 17.6 Å². The van der Waals surface area contributed by atoms with E-state index in [9.17, 15) is 0 Å². The Bertz CT molecular complexity index is 373. The van der Waals surface area contributed by atoms with E-state index < -0.39 is 0 Å². The predicted octanol–water partition coefficient (Wildman–Crippen LogP) is 2.13. The van der Waals surface area contributed by atoms with Gasteiger partial charge in [-0.1, -0.05) is 13.8 Å². The van der Waals surface area contributed by atoms with Gasteiger partial charge in [0.15, 0.2) is 0 Å². The predicted molar refractivity (Wildman–Crippen MR) is 55.5 cm³/mol. The van der Waals surface area contributed by atoms with Crippen LogP contribution in [0.2, 0.25) is 0 Å². The highest BCUT2D eigenvalue weighted by molar-refractivity contribution is 5.48. The van der Waals surface area contributed by atoms with Crippen molar-refractivity contribution in [2.75, 3.05) is 11.9 Å². The molecule has 1 aromatic heterocycles. The van der Waals surface area contributed by atoms with Gasteiger partial charge in [0.1, 0.15) is 5.82 Å². The number of nitrogens with zero attached hydrogens (tertiary/aromatic N) is 2. The molecule has 0 saturated heterocycles. The first-order valence-corrected chi connectivity index (χ1v) is 5.36. The van der Waals surface area contributed by atoms with Crippen molar-refractivity contribution < 1.29 is 0 Å². The van der Waals surface area contributed by atoms with Crippen molar-refractivity contribution in [2.45, 2.75) is 32.1 Å². The minimum atomic E-state index is 0.479. The number of fused-ring (bicyclic) bond motifs is 3. The standard InChI is InChI=1S/C11H15N3/c1-6(2)9-5-13-11-10(14-9)8-3-7(8)4-12-11/h5-8H,3-4H2,1-2H3,(H,12,13)/t7-,8-/m0/s1. The zero-order valence-corrected chi connectivity index (χ0v) is 8.62.